The molecule has 3 aliphatic carbocycles. The third kappa shape index (κ3) is 10.1. The Morgan fingerprint density at radius 3 is 1.81 bits per heavy atom. The minimum atomic E-state index is -0.264. The second-order valence-electron chi connectivity index (χ2n) is 14.9. The molecule has 0 saturated heterocycles. The molecule has 14 heteroatoms. The number of aromatic nitrogens is 2. The molecule has 1 N–H and O–H groups in total. The van der Waals surface area contributed by atoms with E-state index in [0.717, 1.165) is 33.6 Å². The lowest BCUT2D eigenvalue weighted by Gasteiger charge is -2.37. The largest absolute Gasteiger partial charge is 0.505 e. The fourth-order valence-electron chi connectivity index (χ4n) is 7.69. The lowest BCUT2D eigenvalue weighted by molar-refractivity contribution is 0.0413. The first-order valence-electron chi connectivity index (χ1n) is 19.7. The fraction of sp³-hybridized carbons (Fsp3) is 0.224. The van der Waals surface area contributed by atoms with Crippen molar-refractivity contribution in [3.05, 3.63) is 159 Å². The summed E-state index contributed by atoms with van der Waals surface area (Å²) in [4.78, 5) is 57.7. The Morgan fingerprint density at radius 2 is 1.21 bits per heavy atom. The highest BCUT2D eigenvalue weighted by Crippen LogP contribution is 2.39. The van der Waals surface area contributed by atoms with Gasteiger partial charge in [0, 0.05) is 74.7 Å². The van der Waals surface area contributed by atoms with E-state index in [1.807, 2.05) is 40.8 Å². The molecule has 4 aromatic carbocycles. The molecule has 0 radical (unpaired) electrons. The maximum absolute atomic E-state index is 11.7. The van der Waals surface area contributed by atoms with Crippen molar-refractivity contribution in [2.24, 2.45) is 0 Å². The van der Waals surface area contributed by atoms with Crippen LogP contribution in [0.3, 0.4) is 0 Å². The van der Waals surface area contributed by atoms with E-state index in [1.165, 1.54) is 37.7 Å². The van der Waals surface area contributed by atoms with Gasteiger partial charge in [-0.1, -0.05) is 110 Å². The number of aromatic hydroxyl groups is 1. The topological polar surface area (TPSA) is 127 Å². The summed E-state index contributed by atoms with van der Waals surface area (Å²) in [6, 6.07) is 25.5. The number of carbonyl (C=O) groups excluding carboxylic acids is 4. The molecule has 3 heterocycles. The molecule has 0 amide bonds. The number of benzene rings is 4. The number of halogens is 5. The van der Waals surface area contributed by atoms with Crippen LogP contribution in [0.15, 0.2) is 118 Å². The zero-order chi connectivity index (χ0) is 44.2. The maximum atomic E-state index is 11.7. The van der Waals surface area contributed by atoms with E-state index in [0.29, 0.717) is 64.8 Å². The zero-order valence-corrected chi connectivity index (χ0v) is 39.5. The molecular weight excluding hydrogens is 1040 g/mol. The quantitative estimate of drug-likeness (QED) is 0.160. The van der Waals surface area contributed by atoms with E-state index in [-0.39, 0.29) is 41.3 Å². The minimum Gasteiger partial charge on any atom is -0.505 e. The van der Waals surface area contributed by atoms with E-state index >= 15 is 0 Å². The summed E-state index contributed by atoms with van der Waals surface area (Å²) in [6.45, 7) is 4.82. The number of allylic oxidation sites excluding steroid dienone is 4. The van der Waals surface area contributed by atoms with Crippen LogP contribution in [0.5, 0.6) is 11.5 Å². The number of phenols is 1. The SMILES string of the molecule is C.CC1=C(Br)C(=O)c2ccccc2C1=O.CC1=C(Cl)C(=O)c2ccccc2C1=O.Clc1cc2c(c3ncccc13)OCN(C1CCCCC1)C2.Oc1c(I)cc(Cl)c2cccnc12. The number of hydrogen-bond donors (Lipinski definition) is 1. The number of nitrogens with zero attached hydrogens (tertiary/aromatic N) is 3. The molecule has 0 bridgehead atoms. The number of rotatable bonds is 1. The van der Waals surface area contributed by atoms with Crippen LogP contribution in [0.2, 0.25) is 10.0 Å². The second-order valence-corrected chi connectivity index (χ2v) is 18.1. The molecule has 9 nitrogen and oxygen atoms in total. The van der Waals surface area contributed by atoms with Gasteiger partial charge in [0.05, 0.1) is 23.1 Å². The summed E-state index contributed by atoms with van der Waals surface area (Å²) in [5, 5.41) is 12.8. The van der Waals surface area contributed by atoms with E-state index in [1.54, 1.807) is 86.9 Å². The number of phenolic OH excluding ortho intramolecular Hbond substituents is 1. The van der Waals surface area contributed by atoms with Crippen molar-refractivity contribution in [3.63, 3.8) is 0 Å². The van der Waals surface area contributed by atoms with Crippen LogP contribution in [0, 0.1) is 3.57 Å². The van der Waals surface area contributed by atoms with Crippen LogP contribution >= 0.6 is 73.3 Å². The summed E-state index contributed by atoms with van der Waals surface area (Å²) in [7, 11) is 0. The van der Waals surface area contributed by atoms with Crippen molar-refractivity contribution >= 4 is 118 Å². The van der Waals surface area contributed by atoms with Crippen molar-refractivity contribution in [3.8, 4) is 11.5 Å². The summed E-state index contributed by atoms with van der Waals surface area (Å²) < 4.78 is 7.15. The van der Waals surface area contributed by atoms with Gasteiger partial charge in [0.25, 0.3) is 0 Å². The van der Waals surface area contributed by atoms with Gasteiger partial charge in [-0.05, 0) is 102 Å². The van der Waals surface area contributed by atoms with Crippen LogP contribution in [0.25, 0.3) is 21.8 Å². The molecule has 4 aliphatic rings. The van der Waals surface area contributed by atoms with Gasteiger partial charge in [0.2, 0.25) is 11.6 Å². The van der Waals surface area contributed by atoms with E-state index < -0.39 is 0 Å². The van der Waals surface area contributed by atoms with Gasteiger partial charge in [0.15, 0.2) is 23.1 Å². The molecule has 1 fully saturated rings. The fourth-order valence-corrected chi connectivity index (χ4v) is 9.57. The maximum Gasteiger partial charge on any atom is 0.205 e. The first-order chi connectivity index (χ1) is 29.8. The van der Waals surface area contributed by atoms with Crippen LogP contribution in [0.1, 0.15) is 100 Å². The number of fused-ring (bicyclic) bond motifs is 6. The van der Waals surface area contributed by atoms with Gasteiger partial charge >= 0.3 is 0 Å². The van der Waals surface area contributed by atoms with Crippen LogP contribution in [0.4, 0.5) is 0 Å². The number of pyridine rings is 2. The molecule has 324 valence electrons. The standard InChI is InChI=1S/C17H19ClN2O.C11H7BrO2.C11H7ClO2.C9H5ClINO.CH4/c18-15-9-12-10-20(13-5-2-1-3-6-13)11-21-17(12)16-14(15)7-4-8-19-16;2*1-6-9(12)11(14)8-5-3-2-4-7(8)10(6)13;10-6-4-7(11)9(13)8-5(6)2-1-3-12-8;/h4,7-9,13H,1-3,5-6,10-11H2;2*2-5H,1H3;1-4,13H;1H4. The normalized spacial score (nSPS) is 16.0. The predicted molar refractivity (Wildman–Crippen MR) is 263 cm³/mol. The smallest absolute Gasteiger partial charge is 0.205 e. The van der Waals surface area contributed by atoms with Crippen molar-refractivity contribution in [2.75, 3.05) is 6.73 Å². The number of Topliss-reactive ketones (excluding diaryl/α,β-unsaturated/α-hetero) is 4. The minimum absolute atomic E-state index is 0. The highest BCUT2D eigenvalue weighted by Gasteiger charge is 2.30. The highest BCUT2D eigenvalue weighted by atomic mass is 127. The first kappa shape index (κ1) is 48.0. The molecule has 0 spiro atoms. The van der Waals surface area contributed by atoms with Gasteiger partial charge in [-0.2, -0.15) is 0 Å². The van der Waals surface area contributed by atoms with E-state index in [9.17, 15) is 24.3 Å². The van der Waals surface area contributed by atoms with Crippen LogP contribution in [-0.2, 0) is 6.54 Å². The zero-order valence-electron chi connectivity index (χ0n) is 33.5. The lowest BCUT2D eigenvalue weighted by Crippen LogP contribution is -2.41. The lowest BCUT2D eigenvalue weighted by atomic mass is 9.90. The number of carbonyl (C=O) groups is 4. The molecular formula is C49H42BrCl3IN3O6. The van der Waals surface area contributed by atoms with Crippen molar-refractivity contribution in [1.29, 1.82) is 0 Å². The molecule has 6 aromatic rings. The molecule has 0 atom stereocenters. The molecule has 10 rings (SSSR count). The molecule has 2 aromatic heterocycles. The van der Waals surface area contributed by atoms with Crippen molar-refractivity contribution in [1.82, 2.24) is 14.9 Å². The van der Waals surface area contributed by atoms with Gasteiger partial charge in [0.1, 0.15) is 17.8 Å². The van der Waals surface area contributed by atoms with E-state index in [2.05, 4.69) is 36.9 Å². The Balaban J connectivity index is 0.000000142. The van der Waals surface area contributed by atoms with Crippen molar-refractivity contribution < 1.29 is 29.0 Å². The van der Waals surface area contributed by atoms with Crippen LogP contribution < -0.4 is 4.74 Å². The molecule has 1 aliphatic heterocycles. The van der Waals surface area contributed by atoms with E-state index in [4.69, 9.17) is 39.5 Å². The van der Waals surface area contributed by atoms with Gasteiger partial charge in [-0.25, -0.2) is 0 Å². The third-order valence-corrected chi connectivity index (χ3v) is 13.9. The summed E-state index contributed by atoms with van der Waals surface area (Å²) in [5.74, 6) is 0.497. The predicted octanol–water partition coefficient (Wildman–Crippen LogP) is 13.5. The summed E-state index contributed by atoms with van der Waals surface area (Å²) in [6.07, 6.45) is 10.1. The average molecular weight is 1080 g/mol. The third-order valence-electron chi connectivity index (χ3n) is 11.1. The summed E-state index contributed by atoms with van der Waals surface area (Å²) in [5.41, 5.74) is 5.25. The number of ether oxygens (including phenoxy) is 1. The van der Waals surface area contributed by atoms with Crippen LogP contribution in [-0.4, -0.2) is 55.9 Å². The Labute approximate surface area is 402 Å². The van der Waals surface area contributed by atoms with Gasteiger partial charge in [-0.15, -0.1) is 0 Å². The Bertz CT molecular complexity index is 2680. The number of ketones is 4. The Morgan fingerprint density at radius 1 is 0.698 bits per heavy atom. The Hall–Kier alpha value is -4.50. The molecule has 63 heavy (non-hydrogen) atoms. The van der Waals surface area contributed by atoms with Crippen molar-refractivity contribution in [2.45, 2.75) is 66.0 Å². The highest BCUT2D eigenvalue weighted by molar-refractivity contribution is 14.1. The average Bonchev–Trinajstić information content (AvgIpc) is 3.31. The van der Waals surface area contributed by atoms with Gasteiger partial charge in [-0.3, -0.25) is 34.0 Å². The Kier molecular flexibility index (Phi) is 16.0. The molecule has 0 unspecified atom stereocenters. The monoisotopic (exact) mass is 1080 g/mol. The summed E-state index contributed by atoms with van der Waals surface area (Å²) >= 11 is 23.3. The van der Waals surface area contributed by atoms with Gasteiger partial charge < -0.3 is 9.84 Å². The molecule has 1 saturated carbocycles. The second kappa shape index (κ2) is 21.0. The number of hydrogen-bond acceptors (Lipinski definition) is 9. The first-order valence-corrected chi connectivity index (χ1v) is 22.7.